The van der Waals surface area contributed by atoms with Gasteiger partial charge in [-0.15, -0.1) is 24.0 Å². The van der Waals surface area contributed by atoms with Gasteiger partial charge >= 0.3 is 0 Å². The smallest absolute Gasteiger partial charge is 0.257 e. The summed E-state index contributed by atoms with van der Waals surface area (Å²) in [5, 5.41) is 11.5. The van der Waals surface area contributed by atoms with E-state index in [2.05, 4.69) is 58.5 Å². The molecule has 154 valence electrons. The van der Waals surface area contributed by atoms with Gasteiger partial charge in [-0.25, -0.2) is 4.99 Å². The van der Waals surface area contributed by atoms with E-state index in [9.17, 15) is 0 Å². The summed E-state index contributed by atoms with van der Waals surface area (Å²) in [5.41, 5.74) is 2.06. The maximum atomic E-state index is 5.39. The summed E-state index contributed by atoms with van der Waals surface area (Å²) in [6.45, 7) is 6.63. The van der Waals surface area contributed by atoms with E-state index in [1.165, 1.54) is 18.6 Å². The lowest BCUT2D eigenvalue weighted by Crippen LogP contribution is -2.40. The largest absolute Gasteiger partial charge is 0.357 e. The molecule has 2 N–H and O–H groups in total. The van der Waals surface area contributed by atoms with E-state index in [0.717, 1.165) is 48.8 Å². The number of aromatic nitrogens is 2. The normalized spacial score (nSPS) is 16.6. The topological polar surface area (TPSA) is 75.3 Å². The van der Waals surface area contributed by atoms with Crippen LogP contribution >= 0.6 is 35.7 Å². The number of hydrogen-bond donors (Lipinski definition) is 2. The Labute approximate surface area is 188 Å². The molecule has 0 aliphatic carbocycles. The Morgan fingerprint density at radius 3 is 2.96 bits per heavy atom. The fourth-order valence-electron chi connectivity index (χ4n) is 3.03. The van der Waals surface area contributed by atoms with Gasteiger partial charge in [0.25, 0.3) is 5.89 Å². The highest BCUT2D eigenvalue weighted by Gasteiger charge is 2.15. The minimum absolute atomic E-state index is 0. The fraction of sp³-hybridized carbons (Fsp3) is 0.550. The van der Waals surface area contributed by atoms with Gasteiger partial charge < -0.3 is 15.2 Å². The first-order chi connectivity index (χ1) is 13.3. The van der Waals surface area contributed by atoms with Crippen molar-refractivity contribution in [2.45, 2.75) is 51.3 Å². The molecule has 1 unspecified atom stereocenters. The number of thioether (sulfide) groups is 1. The number of benzene rings is 1. The number of nitrogens with zero attached hydrogens (tertiary/aromatic N) is 3. The predicted molar refractivity (Wildman–Crippen MR) is 127 cm³/mol. The Morgan fingerprint density at radius 2 is 2.21 bits per heavy atom. The standard InChI is InChI=1S/C20H29N5OS.HI/c1-3-7-18-24-19(26-25-18)16-9-5-8-15(12-16)13-22-20(21-4-2)23-14-17-10-6-11-27-17;/h5,8-9,12,17H,3-4,6-7,10-11,13-14H2,1-2H3,(H2,21,22,23);1H. The second-order valence-electron chi connectivity index (χ2n) is 6.68. The Morgan fingerprint density at radius 1 is 1.32 bits per heavy atom. The second kappa shape index (κ2) is 12.3. The summed E-state index contributed by atoms with van der Waals surface area (Å²) in [4.78, 5) is 9.20. The van der Waals surface area contributed by atoms with Crippen LogP contribution in [0, 0.1) is 0 Å². The summed E-state index contributed by atoms with van der Waals surface area (Å²) in [7, 11) is 0. The molecular weight excluding hydrogens is 485 g/mol. The van der Waals surface area contributed by atoms with Crippen LogP contribution in [0.1, 0.15) is 44.5 Å². The molecule has 1 fully saturated rings. The van der Waals surface area contributed by atoms with E-state index in [-0.39, 0.29) is 24.0 Å². The van der Waals surface area contributed by atoms with Crippen molar-refractivity contribution in [1.29, 1.82) is 0 Å². The third-order valence-corrected chi connectivity index (χ3v) is 5.80. The summed E-state index contributed by atoms with van der Waals surface area (Å²) in [5.74, 6) is 3.49. The minimum atomic E-state index is 0. The van der Waals surface area contributed by atoms with Crippen LogP contribution < -0.4 is 10.6 Å². The van der Waals surface area contributed by atoms with Crippen LogP contribution in [0.25, 0.3) is 11.5 Å². The van der Waals surface area contributed by atoms with Gasteiger partial charge in [0, 0.05) is 30.3 Å². The van der Waals surface area contributed by atoms with Crippen LogP contribution in [0.15, 0.2) is 33.8 Å². The van der Waals surface area contributed by atoms with Crippen molar-refractivity contribution in [3.8, 4) is 11.5 Å². The average molecular weight is 515 g/mol. The molecule has 1 aliphatic heterocycles. The second-order valence-corrected chi connectivity index (χ2v) is 8.09. The van der Waals surface area contributed by atoms with Crippen molar-refractivity contribution >= 4 is 41.7 Å². The molecule has 28 heavy (non-hydrogen) atoms. The molecule has 1 aliphatic rings. The molecule has 1 aromatic carbocycles. The first kappa shape index (κ1) is 23.0. The highest BCUT2D eigenvalue weighted by atomic mass is 127. The van der Waals surface area contributed by atoms with Crippen LogP contribution in [-0.2, 0) is 13.0 Å². The number of hydrogen-bond acceptors (Lipinski definition) is 5. The molecule has 1 atom stereocenters. The van der Waals surface area contributed by atoms with Crippen LogP contribution in [-0.4, -0.2) is 40.2 Å². The van der Waals surface area contributed by atoms with Crippen LogP contribution in [0.4, 0.5) is 0 Å². The molecule has 0 bridgehead atoms. The van der Waals surface area contributed by atoms with E-state index in [4.69, 9.17) is 9.52 Å². The van der Waals surface area contributed by atoms with Crippen molar-refractivity contribution in [2.24, 2.45) is 4.99 Å². The molecule has 0 amide bonds. The van der Waals surface area contributed by atoms with Gasteiger partial charge in [-0.1, -0.05) is 24.2 Å². The third-order valence-electron chi connectivity index (χ3n) is 4.40. The van der Waals surface area contributed by atoms with Gasteiger partial charge in [0.2, 0.25) is 0 Å². The molecule has 1 aromatic heterocycles. The number of guanidine groups is 1. The average Bonchev–Trinajstić information content (AvgIpc) is 3.37. The van der Waals surface area contributed by atoms with Crippen LogP contribution in [0.5, 0.6) is 0 Å². The zero-order chi connectivity index (χ0) is 18.9. The maximum Gasteiger partial charge on any atom is 0.257 e. The lowest BCUT2D eigenvalue weighted by Gasteiger charge is -2.14. The molecular formula is C20H30IN5OS. The van der Waals surface area contributed by atoms with Crippen molar-refractivity contribution in [2.75, 3.05) is 18.8 Å². The SMILES string of the molecule is CCCc1noc(-c2cccc(CN=C(NCC)NCC3CCCS3)c2)n1.I. The predicted octanol–water partition coefficient (Wildman–Crippen LogP) is 4.26. The number of aliphatic imine (C=N–C) groups is 1. The number of halogens is 1. The molecule has 0 saturated carbocycles. The third kappa shape index (κ3) is 6.95. The monoisotopic (exact) mass is 515 g/mol. The van der Waals surface area contributed by atoms with Crippen LogP contribution in [0.2, 0.25) is 0 Å². The summed E-state index contributed by atoms with van der Waals surface area (Å²) >= 11 is 2.05. The number of nitrogens with one attached hydrogen (secondary N) is 2. The first-order valence-electron chi connectivity index (χ1n) is 9.84. The number of rotatable bonds is 8. The summed E-state index contributed by atoms with van der Waals surface area (Å²) in [6.07, 6.45) is 4.47. The van der Waals surface area contributed by atoms with E-state index >= 15 is 0 Å². The minimum Gasteiger partial charge on any atom is -0.357 e. The zero-order valence-electron chi connectivity index (χ0n) is 16.6. The van der Waals surface area contributed by atoms with Gasteiger partial charge in [-0.3, -0.25) is 0 Å². The van der Waals surface area contributed by atoms with E-state index < -0.39 is 0 Å². The van der Waals surface area contributed by atoms with Gasteiger partial charge in [-0.2, -0.15) is 16.7 Å². The quantitative estimate of drug-likeness (QED) is 0.311. The lowest BCUT2D eigenvalue weighted by atomic mass is 10.1. The van der Waals surface area contributed by atoms with Crippen LogP contribution in [0.3, 0.4) is 0 Å². The molecule has 0 spiro atoms. The van der Waals surface area contributed by atoms with Crippen molar-refractivity contribution < 1.29 is 4.52 Å². The van der Waals surface area contributed by atoms with Gasteiger partial charge in [-0.05, 0) is 49.6 Å². The molecule has 6 nitrogen and oxygen atoms in total. The first-order valence-corrected chi connectivity index (χ1v) is 10.9. The lowest BCUT2D eigenvalue weighted by molar-refractivity contribution is 0.422. The van der Waals surface area contributed by atoms with Gasteiger partial charge in [0.15, 0.2) is 11.8 Å². The fourth-order valence-corrected chi connectivity index (χ4v) is 4.23. The molecule has 8 heteroatoms. The van der Waals surface area contributed by atoms with Gasteiger partial charge in [0.1, 0.15) is 0 Å². The van der Waals surface area contributed by atoms with E-state index in [0.29, 0.717) is 17.7 Å². The summed E-state index contributed by atoms with van der Waals surface area (Å²) < 4.78 is 5.39. The molecule has 3 rings (SSSR count). The van der Waals surface area contributed by atoms with Gasteiger partial charge in [0.05, 0.1) is 6.54 Å². The molecule has 2 aromatic rings. The van der Waals surface area contributed by atoms with Crippen molar-refractivity contribution in [3.63, 3.8) is 0 Å². The Balaban J connectivity index is 0.00000280. The molecule has 2 heterocycles. The van der Waals surface area contributed by atoms with E-state index in [1.807, 2.05) is 12.1 Å². The Bertz CT molecular complexity index is 746. The highest BCUT2D eigenvalue weighted by molar-refractivity contribution is 14.0. The van der Waals surface area contributed by atoms with Crippen molar-refractivity contribution in [3.05, 3.63) is 35.7 Å². The zero-order valence-corrected chi connectivity index (χ0v) is 19.8. The van der Waals surface area contributed by atoms with Crippen molar-refractivity contribution in [1.82, 2.24) is 20.8 Å². The highest BCUT2D eigenvalue weighted by Crippen LogP contribution is 2.25. The maximum absolute atomic E-state index is 5.39. The molecule has 0 radical (unpaired) electrons. The Kier molecular flexibility index (Phi) is 10.1. The molecule has 1 saturated heterocycles. The number of aryl methyl sites for hydroxylation is 1. The van der Waals surface area contributed by atoms with E-state index in [1.54, 1.807) is 0 Å². The Hall–Kier alpha value is -1.29. The summed E-state index contributed by atoms with van der Waals surface area (Å²) in [6, 6.07) is 8.16.